The van der Waals surface area contributed by atoms with Crippen molar-refractivity contribution in [2.45, 2.75) is 30.2 Å². The molecule has 1 atom stereocenters. The van der Waals surface area contributed by atoms with Crippen LogP contribution in [0, 0.1) is 0 Å². The standard InChI is InChI=1S/C26H24N2O5S/c1-19(21-9-11-22(12-10-21)32-17-20-6-5-15-27-16-20)28-26(29)25-14-13-23(33-25)18-34(30,31)24-7-3-2-4-8-24/h2-16,19H,17-18H2,1H3,(H,28,29). The fourth-order valence-electron chi connectivity index (χ4n) is 3.33. The summed E-state index contributed by atoms with van der Waals surface area (Å²) in [5.74, 6) is 0.230. The average molecular weight is 477 g/mol. The number of ether oxygens (including phenoxy) is 1. The summed E-state index contributed by atoms with van der Waals surface area (Å²) in [7, 11) is -3.56. The van der Waals surface area contributed by atoms with E-state index in [9.17, 15) is 13.2 Å². The zero-order valence-corrected chi connectivity index (χ0v) is 19.4. The van der Waals surface area contributed by atoms with Crippen LogP contribution in [-0.2, 0) is 22.2 Å². The molecule has 2 heterocycles. The highest BCUT2D eigenvalue weighted by atomic mass is 32.2. The second-order valence-corrected chi connectivity index (χ2v) is 9.74. The predicted molar refractivity (Wildman–Crippen MR) is 127 cm³/mol. The van der Waals surface area contributed by atoms with Gasteiger partial charge in [0.15, 0.2) is 15.6 Å². The quantitative estimate of drug-likeness (QED) is 0.375. The molecule has 0 fully saturated rings. The largest absolute Gasteiger partial charge is 0.489 e. The Morgan fingerprint density at radius 3 is 2.47 bits per heavy atom. The zero-order chi connectivity index (χ0) is 24.0. The van der Waals surface area contributed by atoms with Crippen LogP contribution in [0.25, 0.3) is 0 Å². The number of sulfone groups is 1. The fraction of sp³-hybridized carbons (Fsp3) is 0.154. The third kappa shape index (κ3) is 5.90. The lowest BCUT2D eigenvalue weighted by Crippen LogP contribution is -2.26. The zero-order valence-electron chi connectivity index (χ0n) is 18.5. The van der Waals surface area contributed by atoms with E-state index in [1.54, 1.807) is 30.6 Å². The van der Waals surface area contributed by atoms with Gasteiger partial charge in [-0.15, -0.1) is 0 Å². The molecule has 2 aromatic heterocycles. The third-order valence-electron chi connectivity index (χ3n) is 5.18. The highest BCUT2D eigenvalue weighted by Crippen LogP contribution is 2.21. The number of rotatable bonds is 9. The van der Waals surface area contributed by atoms with Crippen molar-refractivity contribution in [2.75, 3.05) is 0 Å². The topological polar surface area (TPSA) is 98.5 Å². The van der Waals surface area contributed by atoms with Crippen molar-refractivity contribution in [1.82, 2.24) is 10.3 Å². The molecule has 4 rings (SSSR count). The second kappa shape index (κ2) is 10.4. The van der Waals surface area contributed by atoms with E-state index in [1.807, 2.05) is 43.3 Å². The normalized spacial score (nSPS) is 12.1. The Balaban J connectivity index is 1.33. The molecule has 0 bridgehead atoms. The number of nitrogens with one attached hydrogen (secondary N) is 1. The monoisotopic (exact) mass is 476 g/mol. The molecule has 8 heteroatoms. The molecular weight excluding hydrogens is 452 g/mol. The molecule has 34 heavy (non-hydrogen) atoms. The van der Waals surface area contributed by atoms with Gasteiger partial charge in [0.05, 0.1) is 10.9 Å². The summed E-state index contributed by atoms with van der Waals surface area (Å²) >= 11 is 0. The van der Waals surface area contributed by atoms with Gasteiger partial charge < -0.3 is 14.5 Å². The number of pyridine rings is 1. The van der Waals surface area contributed by atoms with Crippen molar-refractivity contribution in [2.24, 2.45) is 0 Å². The molecule has 0 aliphatic heterocycles. The molecule has 0 aliphatic rings. The van der Waals surface area contributed by atoms with Crippen LogP contribution in [0.1, 0.15) is 40.4 Å². The van der Waals surface area contributed by atoms with Gasteiger partial charge in [-0.2, -0.15) is 0 Å². The summed E-state index contributed by atoms with van der Waals surface area (Å²) in [6, 6.07) is 22.1. The number of carbonyl (C=O) groups is 1. The molecule has 7 nitrogen and oxygen atoms in total. The van der Waals surface area contributed by atoms with E-state index >= 15 is 0 Å². The van der Waals surface area contributed by atoms with Crippen molar-refractivity contribution >= 4 is 15.7 Å². The molecule has 0 saturated heterocycles. The third-order valence-corrected chi connectivity index (χ3v) is 6.83. The Kier molecular flexibility index (Phi) is 7.08. The van der Waals surface area contributed by atoms with Gasteiger partial charge in [0.1, 0.15) is 23.9 Å². The molecule has 0 spiro atoms. The number of benzene rings is 2. The van der Waals surface area contributed by atoms with E-state index in [0.29, 0.717) is 12.4 Å². The molecular formula is C26H24N2O5S. The first-order valence-electron chi connectivity index (χ1n) is 10.7. The summed E-state index contributed by atoms with van der Waals surface area (Å²) in [5, 5.41) is 2.87. The van der Waals surface area contributed by atoms with E-state index in [1.165, 1.54) is 24.3 Å². The average Bonchev–Trinajstić information content (AvgIpc) is 3.32. The molecule has 0 saturated carbocycles. The number of amides is 1. The molecule has 2 aromatic carbocycles. The summed E-state index contributed by atoms with van der Waals surface area (Å²) in [4.78, 5) is 16.9. The van der Waals surface area contributed by atoms with Gasteiger partial charge in [0, 0.05) is 18.0 Å². The van der Waals surface area contributed by atoms with Crippen molar-refractivity contribution in [1.29, 1.82) is 0 Å². The van der Waals surface area contributed by atoms with Crippen molar-refractivity contribution in [3.05, 3.63) is 114 Å². The van der Waals surface area contributed by atoms with Crippen LogP contribution in [0.4, 0.5) is 0 Å². The van der Waals surface area contributed by atoms with Crippen molar-refractivity contribution in [3.63, 3.8) is 0 Å². The van der Waals surface area contributed by atoms with Gasteiger partial charge >= 0.3 is 0 Å². The number of nitrogens with zero attached hydrogens (tertiary/aromatic N) is 1. The van der Waals surface area contributed by atoms with Gasteiger partial charge in [-0.3, -0.25) is 9.78 Å². The lowest BCUT2D eigenvalue weighted by molar-refractivity contribution is 0.0910. The Labute approximate surface area is 198 Å². The minimum atomic E-state index is -3.56. The maximum atomic E-state index is 12.6. The van der Waals surface area contributed by atoms with Crippen molar-refractivity contribution < 1.29 is 22.4 Å². The maximum absolute atomic E-state index is 12.6. The Morgan fingerprint density at radius 1 is 1.00 bits per heavy atom. The lowest BCUT2D eigenvalue weighted by Gasteiger charge is -2.14. The van der Waals surface area contributed by atoms with E-state index in [-0.39, 0.29) is 28.2 Å². The molecule has 0 aliphatic carbocycles. The van der Waals surface area contributed by atoms with Gasteiger partial charge in [-0.1, -0.05) is 36.4 Å². The number of hydrogen-bond donors (Lipinski definition) is 1. The van der Waals surface area contributed by atoms with Crippen molar-refractivity contribution in [3.8, 4) is 5.75 Å². The Bertz CT molecular complexity index is 1330. The summed E-state index contributed by atoms with van der Waals surface area (Å²) < 4.78 is 36.3. The van der Waals surface area contributed by atoms with Crippen LogP contribution in [-0.4, -0.2) is 19.3 Å². The highest BCUT2D eigenvalue weighted by molar-refractivity contribution is 7.90. The number of aromatic nitrogens is 1. The van der Waals surface area contributed by atoms with Crippen LogP contribution >= 0.6 is 0 Å². The number of furan rings is 1. The van der Waals surface area contributed by atoms with Gasteiger partial charge in [0.2, 0.25) is 0 Å². The first-order chi connectivity index (χ1) is 16.4. The minimum absolute atomic E-state index is 0.0570. The van der Waals surface area contributed by atoms with Crippen LogP contribution < -0.4 is 10.1 Å². The van der Waals surface area contributed by atoms with E-state index in [4.69, 9.17) is 9.15 Å². The molecule has 1 unspecified atom stereocenters. The van der Waals surface area contributed by atoms with Crippen LogP contribution in [0.15, 0.2) is 101 Å². The first kappa shape index (κ1) is 23.3. The number of hydrogen-bond acceptors (Lipinski definition) is 6. The van der Waals surface area contributed by atoms with E-state index in [0.717, 1.165) is 11.1 Å². The number of carbonyl (C=O) groups excluding carboxylic acids is 1. The molecule has 0 radical (unpaired) electrons. The summed E-state index contributed by atoms with van der Waals surface area (Å²) in [6.45, 7) is 2.27. The fourth-order valence-corrected chi connectivity index (χ4v) is 4.60. The molecule has 1 amide bonds. The van der Waals surface area contributed by atoms with Gasteiger partial charge in [-0.25, -0.2) is 8.42 Å². The molecule has 174 valence electrons. The predicted octanol–water partition coefficient (Wildman–Crippen LogP) is 4.72. The lowest BCUT2D eigenvalue weighted by atomic mass is 10.1. The molecule has 4 aromatic rings. The SMILES string of the molecule is CC(NC(=O)c1ccc(CS(=O)(=O)c2ccccc2)o1)c1ccc(OCc2cccnc2)cc1. The highest BCUT2D eigenvalue weighted by Gasteiger charge is 2.20. The van der Waals surface area contributed by atoms with E-state index < -0.39 is 15.7 Å². The van der Waals surface area contributed by atoms with Crippen LogP contribution in [0.2, 0.25) is 0 Å². The summed E-state index contributed by atoms with van der Waals surface area (Å²) in [6.07, 6.45) is 3.47. The van der Waals surface area contributed by atoms with Crippen LogP contribution in [0.3, 0.4) is 0 Å². The second-order valence-electron chi connectivity index (χ2n) is 7.75. The van der Waals surface area contributed by atoms with Gasteiger partial charge in [0.25, 0.3) is 5.91 Å². The minimum Gasteiger partial charge on any atom is -0.489 e. The van der Waals surface area contributed by atoms with E-state index in [2.05, 4.69) is 10.3 Å². The Morgan fingerprint density at radius 2 is 1.76 bits per heavy atom. The van der Waals surface area contributed by atoms with Crippen LogP contribution in [0.5, 0.6) is 5.75 Å². The molecule has 1 N–H and O–H groups in total. The smallest absolute Gasteiger partial charge is 0.287 e. The maximum Gasteiger partial charge on any atom is 0.287 e. The van der Waals surface area contributed by atoms with Gasteiger partial charge in [-0.05, 0) is 55.0 Å². The first-order valence-corrected chi connectivity index (χ1v) is 12.3. The summed E-state index contributed by atoms with van der Waals surface area (Å²) in [5.41, 5.74) is 1.86. The Hall–Kier alpha value is -3.91.